The van der Waals surface area contributed by atoms with Crippen LogP contribution in [-0.4, -0.2) is 11.7 Å². The maximum absolute atomic E-state index is 12.9. The largest absolute Gasteiger partial charge is 0.417 e. The van der Waals surface area contributed by atoms with Crippen molar-refractivity contribution in [2.24, 2.45) is 0 Å². The summed E-state index contributed by atoms with van der Waals surface area (Å²) in [7, 11) is 0. The topological polar surface area (TPSA) is 29.1 Å². The summed E-state index contributed by atoms with van der Waals surface area (Å²) in [6.07, 6.45) is -4.69. The molecule has 2 aromatic rings. The van der Waals surface area contributed by atoms with Gasteiger partial charge in [-0.05, 0) is 24.3 Å². The zero-order chi connectivity index (χ0) is 17.0. The summed E-state index contributed by atoms with van der Waals surface area (Å²) in [6, 6.07) is 9.95. The second kappa shape index (κ2) is 6.99. The molecule has 8 heteroatoms. The van der Waals surface area contributed by atoms with Gasteiger partial charge in [-0.3, -0.25) is 4.79 Å². The Kier molecular flexibility index (Phi) is 5.25. The molecule has 0 spiro atoms. The Labute approximate surface area is 132 Å². The average molecular weight is 347 g/mol. The smallest absolute Gasteiger partial charge is 0.321 e. The van der Waals surface area contributed by atoms with Gasteiger partial charge in [0.25, 0.3) is 11.7 Å². The second-order valence-corrected chi connectivity index (χ2v) is 5.40. The van der Waals surface area contributed by atoms with Crippen LogP contribution in [0.1, 0.15) is 15.9 Å². The monoisotopic (exact) mass is 347 g/mol. The number of anilines is 1. The fraction of sp³-hybridized carbons (Fsp3) is 0.133. The highest BCUT2D eigenvalue weighted by Crippen LogP contribution is 2.34. The van der Waals surface area contributed by atoms with Crippen LogP contribution in [-0.2, 0) is 6.18 Å². The van der Waals surface area contributed by atoms with Crippen molar-refractivity contribution < 1.29 is 26.7 Å². The molecule has 0 bridgehead atoms. The van der Waals surface area contributed by atoms with E-state index in [0.717, 1.165) is 12.1 Å². The van der Waals surface area contributed by atoms with Crippen molar-refractivity contribution in [1.29, 1.82) is 0 Å². The quantitative estimate of drug-likeness (QED) is 0.603. The number of alkyl halides is 5. The molecule has 2 rings (SSSR count). The van der Waals surface area contributed by atoms with Crippen LogP contribution < -0.4 is 5.32 Å². The Balaban J connectivity index is 2.31. The molecule has 0 aliphatic rings. The fourth-order valence-corrected chi connectivity index (χ4v) is 2.48. The number of rotatable bonds is 4. The normalized spacial score (nSPS) is 11.6. The van der Waals surface area contributed by atoms with Gasteiger partial charge in [0.15, 0.2) is 0 Å². The van der Waals surface area contributed by atoms with Gasteiger partial charge in [-0.2, -0.15) is 22.0 Å². The standard InChI is InChI=1S/C15H10F5NOS/c16-14(17)23-12-8-4-3-7-11(12)21-13(22)9-5-1-2-6-10(9)15(18,19)20/h1-8,14H,(H,21,22). The van der Waals surface area contributed by atoms with Crippen LogP contribution in [0.4, 0.5) is 27.6 Å². The lowest BCUT2D eigenvalue weighted by Crippen LogP contribution is -2.19. The molecule has 23 heavy (non-hydrogen) atoms. The summed E-state index contributed by atoms with van der Waals surface area (Å²) < 4.78 is 63.7. The number of carbonyl (C=O) groups is 1. The van der Waals surface area contributed by atoms with E-state index in [1.807, 2.05) is 0 Å². The van der Waals surface area contributed by atoms with Gasteiger partial charge in [-0.25, -0.2) is 0 Å². The number of para-hydroxylation sites is 1. The van der Waals surface area contributed by atoms with Gasteiger partial charge in [0.1, 0.15) is 0 Å². The molecule has 2 aromatic carbocycles. The summed E-state index contributed by atoms with van der Waals surface area (Å²) in [4.78, 5) is 12.2. The van der Waals surface area contributed by atoms with E-state index in [2.05, 4.69) is 5.32 Å². The van der Waals surface area contributed by atoms with Crippen molar-refractivity contribution in [2.45, 2.75) is 16.8 Å². The first-order valence-electron chi connectivity index (χ1n) is 6.30. The third-order valence-corrected chi connectivity index (χ3v) is 3.62. The van der Waals surface area contributed by atoms with E-state index in [4.69, 9.17) is 0 Å². The van der Waals surface area contributed by atoms with Crippen LogP contribution in [0, 0.1) is 0 Å². The summed E-state index contributed by atoms with van der Waals surface area (Å²) in [5, 5.41) is 2.25. The van der Waals surface area contributed by atoms with Crippen molar-refractivity contribution in [1.82, 2.24) is 0 Å². The van der Waals surface area contributed by atoms with E-state index in [-0.39, 0.29) is 22.3 Å². The van der Waals surface area contributed by atoms with Gasteiger partial charge in [0.05, 0.1) is 16.8 Å². The Morgan fingerprint density at radius 2 is 1.61 bits per heavy atom. The number of amides is 1. The summed E-state index contributed by atoms with van der Waals surface area (Å²) >= 11 is 0.202. The molecule has 1 amide bonds. The summed E-state index contributed by atoms with van der Waals surface area (Å²) in [6.45, 7) is 0. The molecular weight excluding hydrogens is 337 g/mol. The maximum atomic E-state index is 12.9. The first kappa shape index (κ1) is 17.3. The summed E-state index contributed by atoms with van der Waals surface area (Å²) in [5.74, 6) is -3.73. The molecule has 0 heterocycles. The van der Waals surface area contributed by atoms with Crippen molar-refractivity contribution in [3.63, 3.8) is 0 Å². The first-order chi connectivity index (χ1) is 10.8. The lowest BCUT2D eigenvalue weighted by molar-refractivity contribution is -0.137. The molecule has 122 valence electrons. The van der Waals surface area contributed by atoms with Crippen molar-refractivity contribution in [3.05, 3.63) is 59.7 Å². The Bertz CT molecular complexity index is 702. The molecule has 0 unspecified atom stereocenters. The third-order valence-electron chi connectivity index (χ3n) is 2.83. The molecule has 0 atom stereocenters. The highest BCUT2D eigenvalue weighted by atomic mass is 32.2. The van der Waals surface area contributed by atoms with Crippen LogP contribution in [0.25, 0.3) is 0 Å². The minimum absolute atomic E-state index is 0.0276. The van der Waals surface area contributed by atoms with Crippen LogP contribution in [0.3, 0.4) is 0 Å². The number of benzene rings is 2. The lowest BCUT2D eigenvalue weighted by atomic mass is 10.1. The van der Waals surface area contributed by atoms with E-state index in [9.17, 15) is 26.7 Å². The van der Waals surface area contributed by atoms with Crippen LogP contribution in [0.2, 0.25) is 0 Å². The highest BCUT2D eigenvalue weighted by Gasteiger charge is 2.34. The number of thioether (sulfide) groups is 1. The van der Waals surface area contributed by atoms with Crippen LogP contribution in [0.5, 0.6) is 0 Å². The number of halogens is 5. The molecule has 0 radical (unpaired) electrons. The number of hydrogen-bond acceptors (Lipinski definition) is 2. The zero-order valence-electron chi connectivity index (χ0n) is 11.4. The van der Waals surface area contributed by atoms with Crippen molar-refractivity contribution in [3.8, 4) is 0 Å². The molecule has 0 aliphatic heterocycles. The van der Waals surface area contributed by atoms with Crippen LogP contribution >= 0.6 is 11.8 Å². The third kappa shape index (κ3) is 4.44. The van der Waals surface area contributed by atoms with Crippen molar-refractivity contribution >= 4 is 23.4 Å². The Morgan fingerprint density at radius 1 is 1.00 bits per heavy atom. The molecule has 0 fully saturated rings. The predicted octanol–water partition coefficient (Wildman–Crippen LogP) is 5.27. The van der Waals surface area contributed by atoms with E-state index in [1.165, 1.54) is 36.4 Å². The van der Waals surface area contributed by atoms with Gasteiger partial charge < -0.3 is 5.32 Å². The maximum Gasteiger partial charge on any atom is 0.417 e. The number of nitrogens with one attached hydrogen (secondary N) is 1. The first-order valence-corrected chi connectivity index (χ1v) is 7.18. The van der Waals surface area contributed by atoms with Gasteiger partial charge in [0.2, 0.25) is 0 Å². The molecule has 1 N–H and O–H groups in total. The second-order valence-electron chi connectivity index (χ2n) is 4.37. The van der Waals surface area contributed by atoms with Gasteiger partial charge in [-0.1, -0.05) is 36.0 Å². The average Bonchev–Trinajstić information content (AvgIpc) is 2.48. The van der Waals surface area contributed by atoms with Crippen LogP contribution in [0.15, 0.2) is 53.4 Å². The minimum Gasteiger partial charge on any atom is -0.321 e. The fourth-order valence-electron chi connectivity index (χ4n) is 1.89. The number of hydrogen-bond donors (Lipinski definition) is 1. The molecule has 0 aliphatic carbocycles. The van der Waals surface area contributed by atoms with Gasteiger partial charge in [0, 0.05) is 4.90 Å². The highest BCUT2D eigenvalue weighted by molar-refractivity contribution is 7.99. The lowest BCUT2D eigenvalue weighted by Gasteiger charge is -2.14. The van der Waals surface area contributed by atoms with Crippen molar-refractivity contribution in [2.75, 3.05) is 5.32 Å². The molecular formula is C15H10F5NOS. The van der Waals surface area contributed by atoms with Gasteiger partial charge >= 0.3 is 6.18 Å². The SMILES string of the molecule is O=C(Nc1ccccc1SC(F)F)c1ccccc1C(F)(F)F. The van der Waals surface area contributed by atoms with E-state index >= 15 is 0 Å². The zero-order valence-corrected chi connectivity index (χ0v) is 12.2. The Morgan fingerprint density at radius 3 is 2.26 bits per heavy atom. The Hall–Kier alpha value is -2.09. The molecule has 0 aromatic heterocycles. The summed E-state index contributed by atoms with van der Waals surface area (Å²) in [5.41, 5.74) is -1.63. The minimum atomic E-state index is -4.69. The predicted molar refractivity (Wildman–Crippen MR) is 77.7 cm³/mol. The molecule has 2 nitrogen and oxygen atoms in total. The van der Waals surface area contributed by atoms with Gasteiger partial charge in [-0.15, -0.1) is 0 Å². The van der Waals surface area contributed by atoms with E-state index < -0.39 is 29.0 Å². The molecule has 0 saturated carbocycles. The van der Waals surface area contributed by atoms with E-state index in [0.29, 0.717) is 0 Å². The van der Waals surface area contributed by atoms with E-state index in [1.54, 1.807) is 0 Å². The number of carbonyl (C=O) groups excluding carboxylic acids is 1. The molecule has 0 saturated heterocycles.